The molecule has 1 aliphatic rings. The Morgan fingerprint density at radius 2 is 1.87 bits per heavy atom. The summed E-state index contributed by atoms with van der Waals surface area (Å²) in [5, 5.41) is 1.33. The first kappa shape index (κ1) is 21.4. The predicted octanol–water partition coefficient (Wildman–Crippen LogP) is 6.24. The molecular formula is C24H21ClN2O3S. The van der Waals surface area contributed by atoms with E-state index in [1.165, 1.54) is 11.8 Å². The van der Waals surface area contributed by atoms with Gasteiger partial charge in [-0.2, -0.15) is 0 Å². The largest absolute Gasteiger partial charge is 0.457 e. The Hall–Kier alpha value is -2.80. The first-order valence-electron chi connectivity index (χ1n) is 9.84. The highest BCUT2D eigenvalue weighted by Crippen LogP contribution is 2.35. The number of para-hydroxylation sites is 1. The van der Waals surface area contributed by atoms with E-state index in [4.69, 9.17) is 20.8 Å². The molecule has 2 heterocycles. The van der Waals surface area contributed by atoms with Crippen LogP contribution in [0.2, 0.25) is 5.02 Å². The van der Waals surface area contributed by atoms with Crippen molar-refractivity contribution in [3.63, 3.8) is 0 Å². The van der Waals surface area contributed by atoms with Gasteiger partial charge in [-0.25, -0.2) is 4.99 Å². The second kappa shape index (κ2) is 10.0. The van der Waals surface area contributed by atoms with Crippen LogP contribution in [0.4, 0.5) is 5.69 Å². The fraction of sp³-hybridized carbons (Fsp3) is 0.167. The molecular weight excluding hydrogens is 432 g/mol. The number of furan rings is 1. The summed E-state index contributed by atoms with van der Waals surface area (Å²) in [5.41, 5.74) is 1.73. The second-order valence-electron chi connectivity index (χ2n) is 6.85. The number of nitrogens with zero attached hydrogens (tertiary/aromatic N) is 2. The molecule has 0 N–H and O–H groups in total. The molecule has 4 rings (SSSR count). The molecule has 0 saturated carbocycles. The molecule has 2 aromatic carbocycles. The molecule has 0 spiro atoms. The van der Waals surface area contributed by atoms with Gasteiger partial charge in [0.1, 0.15) is 11.5 Å². The molecule has 7 heteroatoms. The summed E-state index contributed by atoms with van der Waals surface area (Å²) < 4.78 is 11.1. The number of ether oxygens (including phenoxy) is 1. The first-order valence-corrected chi connectivity index (χ1v) is 11.0. The minimum atomic E-state index is -0.0831. The predicted molar refractivity (Wildman–Crippen MR) is 126 cm³/mol. The smallest absolute Gasteiger partial charge is 0.266 e. The van der Waals surface area contributed by atoms with E-state index in [1.807, 2.05) is 66.7 Å². The van der Waals surface area contributed by atoms with Gasteiger partial charge < -0.3 is 9.15 Å². The van der Waals surface area contributed by atoms with E-state index < -0.39 is 0 Å². The van der Waals surface area contributed by atoms with E-state index in [9.17, 15) is 4.79 Å². The number of thioether (sulfide) groups is 1. The second-order valence-corrected chi connectivity index (χ2v) is 8.30. The molecule has 1 aromatic heterocycles. The number of halogens is 1. The van der Waals surface area contributed by atoms with Crippen molar-refractivity contribution < 1.29 is 13.9 Å². The normalized spacial score (nSPS) is 16.6. The number of amidine groups is 1. The average molecular weight is 453 g/mol. The van der Waals surface area contributed by atoms with Crippen LogP contribution in [0.3, 0.4) is 0 Å². The van der Waals surface area contributed by atoms with Crippen LogP contribution in [-0.2, 0) is 9.53 Å². The molecule has 0 unspecified atom stereocenters. The van der Waals surface area contributed by atoms with Gasteiger partial charge in [0.15, 0.2) is 5.17 Å². The highest BCUT2D eigenvalue weighted by atomic mass is 35.5. The maximum atomic E-state index is 13.1. The van der Waals surface area contributed by atoms with Crippen molar-refractivity contribution in [3.8, 4) is 11.3 Å². The van der Waals surface area contributed by atoms with Crippen LogP contribution in [0.25, 0.3) is 17.4 Å². The van der Waals surface area contributed by atoms with Crippen LogP contribution in [-0.4, -0.2) is 36.2 Å². The number of aliphatic imine (C=N–C) groups is 1. The molecule has 1 fully saturated rings. The number of amides is 1. The van der Waals surface area contributed by atoms with Gasteiger partial charge in [0, 0.05) is 36.9 Å². The molecule has 5 nitrogen and oxygen atoms in total. The number of rotatable bonds is 7. The highest BCUT2D eigenvalue weighted by Gasteiger charge is 2.33. The molecule has 1 aliphatic heterocycles. The number of hydrogen-bond acceptors (Lipinski definition) is 5. The summed E-state index contributed by atoms with van der Waals surface area (Å²) in [6.45, 7) is 1.12. The van der Waals surface area contributed by atoms with Gasteiger partial charge in [-0.3, -0.25) is 9.69 Å². The Balaban J connectivity index is 1.59. The van der Waals surface area contributed by atoms with Crippen LogP contribution in [0.5, 0.6) is 0 Å². The van der Waals surface area contributed by atoms with Gasteiger partial charge >= 0.3 is 0 Å². The zero-order valence-electron chi connectivity index (χ0n) is 17.0. The van der Waals surface area contributed by atoms with Crippen molar-refractivity contribution in [1.29, 1.82) is 0 Å². The van der Waals surface area contributed by atoms with E-state index in [-0.39, 0.29) is 5.91 Å². The van der Waals surface area contributed by atoms with Gasteiger partial charge in [-0.05, 0) is 66.7 Å². The van der Waals surface area contributed by atoms with Crippen molar-refractivity contribution in [2.75, 3.05) is 20.3 Å². The Kier molecular flexibility index (Phi) is 6.92. The van der Waals surface area contributed by atoms with Crippen LogP contribution < -0.4 is 0 Å². The van der Waals surface area contributed by atoms with Gasteiger partial charge in [0.25, 0.3) is 5.91 Å². The molecule has 0 atom stereocenters. The monoisotopic (exact) mass is 452 g/mol. The lowest BCUT2D eigenvalue weighted by molar-refractivity contribution is -0.122. The van der Waals surface area contributed by atoms with E-state index in [1.54, 1.807) is 18.1 Å². The van der Waals surface area contributed by atoms with E-state index >= 15 is 0 Å². The molecule has 3 aromatic rings. The van der Waals surface area contributed by atoms with Crippen LogP contribution in [0.1, 0.15) is 12.2 Å². The van der Waals surface area contributed by atoms with Gasteiger partial charge in [-0.1, -0.05) is 29.8 Å². The quantitative estimate of drug-likeness (QED) is 0.314. The van der Waals surface area contributed by atoms with Crippen LogP contribution in [0.15, 0.2) is 81.0 Å². The summed E-state index contributed by atoms with van der Waals surface area (Å²) in [6, 6.07) is 20.8. The summed E-state index contributed by atoms with van der Waals surface area (Å²) in [5.74, 6) is 1.24. The third kappa shape index (κ3) is 5.28. The van der Waals surface area contributed by atoms with Crippen molar-refractivity contribution in [2.45, 2.75) is 6.42 Å². The van der Waals surface area contributed by atoms with Gasteiger partial charge in [-0.15, -0.1) is 0 Å². The van der Waals surface area contributed by atoms with Crippen LogP contribution in [0, 0.1) is 0 Å². The SMILES string of the molecule is COCCCN1C(=O)/C(=C/c2ccc(-c3ccc(Cl)cc3)o2)SC1=Nc1ccccc1. The molecule has 0 bridgehead atoms. The molecule has 0 aliphatic carbocycles. The minimum absolute atomic E-state index is 0.0831. The van der Waals surface area contributed by atoms with E-state index in [0.29, 0.717) is 39.8 Å². The zero-order valence-corrected chi connectivity index (χ0v) is 18.5. The number of hydrogen-bond donors (Lipinski definition) is 0. The molecule has 31 heavy (non-hydrogen) atoms. The minimum Gasteiger partial charge on any atom is -0.457 e. The van der Waals surface area contributed by atoms with Crippen molar-refractivity contribution >= 4 is 46.2 Å². The summed E-state index contributed by atoms with van der Waals surface area (Å²) >= 11 is 7.31. The zero-order chi connectivity index (χ0) is 21.6. The van der Waals surface area contributed by atoms with Crippen molar-refractivity contribution in [2.24, 2.45) is 4.99 Å². The van der Waals surface area contributed by atoms with Crippen molar-refractivity contribution in [3.05, 3.63) is 82.4 Å². The highest BCUT2D eigenvalue weighted by molar-refractivity contribution is 8.18. The van der Waals surface area contributed by atoms with Crippen molar-refractivity contribution in [1.82, 2.24) is 4.90 Å². The lowest BCUT2D eigenvalue weighted by atomic mass is 10.2. The summed E-state index contributed by atoms with van der Waals surface area (Å²) in [6.07, 6.45) is 2.49. The maximum absolute atomic E-state index is 13.1. The standard InChI is InChI=1S/C24H21ClN2O3S/c1-29-15-5-14-27-23(28)22(31-24(27)26-19-6-3-2-4-7-19)16-20-12-13-21(30-20)17-8-10-18(25)11-9-17/h2-4,6-13,16H,5,14-15H2,1H3/b22-16-,26-24?. The lowest BCUT2D eigenvalue weighted by Crippen LogP contribution is -2.30. The third-order valence-corrected chi connectivity index (χ3v) is 5.89. The number of carbonyl (C=O) groups excluding carboxylic acids is 1. The third-order valence-electron chi connectivity index (χ3n) is 4.63. The number of carbonyl (C=O) groups is 1. The number of methoxy groups -OCH3 is 1. The number of benzene rings is 2. The fourth-order valence-electron chi connectivity index (χ4n) is 3.10. The van der Waals surface area contributed by atoms with Crippen LogP contribution >= 0.6 is 23.4 Å². The molecule has 1 saturated heterocycles. The Labute approximate surface area is 190 Å². The van der Waals surface area contributed by atoms with Gasteiger partial charge in [0.2, 0.25) is 0 Å². The molecule has 0 radical (unpaired) electrons. The fourth-order valence-corrected chi connectivity index (χ4v) is 4.23. The van der Waals surface area contributed by atoms with E-state index in [2.05, 4.69) is 4.99 Å². The maximum Gasteiger partial charge on any atom is 0.266 e. The van der Waals surface area contributed by atoms with E-state index in [0.717, 1.165) is 17.7 Å². The topological polar surface area (TPSA) is 55.0 Å². The summed E-state index contributed by atoms with van der Waals surface area (Å²) in [7, 11) is 1.65. The molecule has 158 valence electrons. The molecule has 1 amide bonds. The lowest BCUT2D eigenvalue weighted by Gasteiger charge is -2.15. The Morgan fingerprint density at radius 3 is 2.61 bits per heavy atom. The Morgan fingerprint density at radius 1 is 1.10 bits per heavy atom. The van der Waals surface area contributed by atoms with Gasteiger partial charge in [0.05, 0.1) is 10.6 Å². The first-order chi connectivity index (χ1) is 15.1. The average Bonchev–Trinajstić information content (AvgIpc) is 3.36. The Bertz CT molecular complexity index is 1110. The summed E-state index contributed by atoms with van der Waals surface area (Å²) in [4.78, 5) is 20.0.